The van der Waals surface area contributed by atoms with Crippen LogP contribution in [-0.4, -0.2) is 30.3 Å². The summed E-state index contributed by atoms with van der Waals surface area (Å²) >= 11 is 0. The highest BCUT2D eigenvalue weighted by molar-refractivity contribution is 5.69. The minimum absolute atomic E-state index is 0.0418. The van der Waals surface area contributed by atoms with Crippen LogP contribution in [0.2, 0.25) is 0 Å². The maximum atomic E-state index is 11.2. The van der Waals surface area contributed by atoms with E-state index in [2.05, 4.69) is 0 Å². The number of fused-ring (bicyclic) bond motifs is 1. The van der Waals surface area contributed by atoms with Crippen LogP contribution in [0.15, 0.2) is 12.1 Å². The molecular weight excluding hydrogens is 258 g/mol. The number of benzene rings is 1. The van der Waals surface area contributed by atoms with E-state index < -0.39 is 0 Å². The van der Waals surface area contributed by atoms with Crippen molar-refractivity contribution in [2.24, 2.45) is 5.73 Å². The van der Waals surface area contributed by atoms with Crippen molar-refractivity contribution in [2.75, 3.05) is 13.2 Å². The minimum atomic E-state index is -0.200. The van der Waals surface area contributed by atoms with Crippen LogP contribution in [-0.2, 0) is 22.4 Å². The number of aromatic hydroxyl groups is 1. The Bertz CT molecular complexity index is 487. The third-order valence-corrected chi connectivity index (χ3v) is 3.38. The van der Waals surface area contributed by atoms with Crippen LogP contribution >= 0.6 is 0 Å². The number of phenolic OH excluding ortho intramolecular Hbond substituents is 1. The highest BCUT2D eigenvalue weighted by atomic mass is 16.5. The van der Waals surface area contributed by atoms with Crippen LogP contribution in [0.5, 0.6) is 11.5 Å². The Morgan fingerprint density at radius 1 is 1.40 bits per heavy atom. The lowest BCUT2D eigenvalue weighted by Gasteiger charge is -2.11. The van der Waals surface area contributed by atoms with E-state index in [4.69, 9.17) is 15.2 Å². The predicted molar refractivity (Wildman–Crippen MR) is 74.9 cm³/mol. The lowest BCUT2D eigenvalue weighted by Crippen LogP contribution is -2.19. The Morgan fingerprint density at radius 3 is 2.90 bits per heavy atom. The van der Waals surface area contributed by atoms with E-state index in [0.717, 1.165) is 23.3 Å². The number of carbonyl (C=O) groups excluding carboxylic acids is 1. The number of hydrogen-bond donors (Lipinski definition) is 2. The zero-order valence-electron chi connectivity index (χ0n) is 11.7. The summed E-state index contributed by atoms with van der Waals surface area (Å²) in [6.45, 7) is 2.64. The first kappa shape index (κ1) is 14.7. The first-order valence-corrected chi connectivity index (χ1v) is 6.99. The average Bonchev–Trinajstić information content (AvgIpc) is 2.80. The van der Waals surface area contributed by atoms with Gasteiger partial charge in [-0.3, -0.25) is 4.79 Å². The van der Waals surface area contributed by atoms with E-state index in [1.54, 1.807) is 19.1 Å². The van der Waals surface area contributed by atoms with Crippen LogP contribution in [0.3, 0.4) is 0 Å². The number of esters is 1. The third-order valence-electron chi connectivity index (χ3n) is 3.38. The first-order chi connectivity index (χ1) is 9.61. The lowest BCUT2D eigenvalue weighted by atomic mass is 10.1. The van der Waals surface area contributed by atoms with Crippen molar-refractivity contribution >= 4 is 5.97 Å². The number of carbonyl (C=O) groups is 1. The molecule has 0 saturated carbocycles. The van der Waals surface area contributed by atoms with Crippen LogP contribution in [0.4, 0.5) is 0 Å². The van der Waals surface area contributed by atoms with Gasteiger partial charge in [0.15, 0.2) is 0 Å². The summed E-state index contributed by atoms with van der Waals surface area (Å²) in [5, 5.41) is 9.80. The van der Waals surface area contributed by atoms with Gasteiger partial charge in [0.05, 0.1) is 13.2 Å². The van der Waals surface area contributed by atoms with E-state index in [1.165, 1.54) is 0 Å². The van der Waals surface area contributed by atoms with E-state index in [0.29, 0.717) is 32.5 Å². The molecule has 20 heavy (non-hydrogen) atoms. The van der Waals surface area contributed by atoms with Gasteiger partial charge in [0.1, 0.15) is 11.5 Å². The van der Waals surface area contributed by atoms with Crippen molar-refractivity contribution in [3.05, 3.63) is 23.3 Å². The topological polar surface area (TPSA) is 81.8 Å². The fraction of sp³-hybridized carbons (Fsp3) is 0.533. The second-order valence-electron chi connectivity index (χ2n) is 4.97. The molecule has 2 rings (SSSR count). The fourth-order valence-electron chi connectivity index (χ4n) is 2.47. The molecule has 5 nitrogen and oxygen atoms in total. The summed E-state index contributed by atoms with van der Waals surface area (Å²) in [7, 11) is 0. The van der Waals surface area contributed by atoms with Crippen LogP contribution in [0, 0.1) is 0 Å². The van der Waals surface area contributed by atoms with E-state index in [9.17, 15) is 9.90 Å². The number of hydrogen-bond acceptors (Lipinski definition) is 5. The molecule has 0 aliphatic heterocycles. The van der Waals surface area contributed by atoms with Gasteiger partial charge >= 0.3 is 5.97 Å². The molecule has 1 atom stereocenters. The molecule has 5 heteroatoms. The first-order valence-electron chi connectivity index (χ1n) is 6.99. The van der Waals surface area contributed by atoms with Crippen molar-refractivity contribution in [3.63, 3.8) is 0 Å². The Labute approximate surface area is 118 Å². The molecule has 0 bridgehead atoms. The third kappa shape index (κ3) is 3.42. The zero-order valence-corrected chi connectivity index (χ0v) is 11.7. The summed E-state index contributed by atoms with van der Waals surface area (Å²) in [5.41, 5.74) is 7.81. The van der Waals surface area contributed by atoms with E-state index in [1.807, 2.05) is 0 Å². The van der Waals surface area contributed by atoms with Crippen LogP contribution < -0.4 is 10.5 Å². The van der Waals surface area contributed by atoms with Gasteiger partial charge < -0.3 is 20.3 Å². The lowest BCUT2D eigenvalue weighted by molar-refractivity contribution is -0.143. The Hall–Kier alpha value is -1.75. The maximum Gasteiger partial charge on any atom is 0.305 e. The number of nitrogens with two attached hydrogens (primary N) is 1. The molecule has 1 unspecified atom stereocenters. The molecule has 110 valence electrons. The normalized spacial score (nSPS) is 16.8. The molecule has 0 radical (unpaired) electrons. The molecule has 0 heterocycles. The monoisotopic (exact) mass is 279 g/mol. The second-order valence-corrected chi connectivity index (χ2v) is 4.97. The second kappa shape index (κ2) is 6.61. The Kier molecular flexibility index (Phi) is 4.84. The molecular formula is C15H21NO4. The van der Waals surface area contributed by atoms with Crippen LogP contribution in [0.25, 0.3) is 0 Å². The predicted octanol–water partition coefficient (Wildman–Crippen LogP) is 1.54. The SMILES string of the molecule is CCOC(=O)CCCOc1ccc(O)c2c1CC(N)C2. The molecule has 1 aromatic rings. The highest BCUT2D eigenvalue weighted by Gasteiger charge is 2.24. The molecule has 0 amide bonds. The largest absolute Gasteiger partial charge is 0.508 e. The van der Waals surface area contributed by atoms with Gasteiger partial charge in [-0.2, -0.15) is 0 Å². The summed E-state index contributed by atoms with van der Waals surface area (Å²) in [6, 6.07) is 3.44. The molecule has 1 aliphatic carbocycles. The van der Waals surface area contributed by atoms with Gasteiger partial charge in [-0.1, -0.05) is 0 Å². The molecule has 1 aromatic carbocycles. The summed E-state index contributed by atoms with van der Waals surface area (Å²) in [5.74, 6) is 0.843. The van der Waals surface area contributed by atoms with Crippen LogP contribution in [0.1, 0.15) is 30.9 Å². The average molecular weight is 279 g/mol. The molecule has 0 fully saturated rings. The number of rotatable bonds is 6. The van der Waals surface area contributed by atoms with Crippen molar-refractivity contribution in [2.45, 2.75) is 38.6 Å². The van der Waals surface area contributed by atoms with E-state index in [-0.39, 0.29) is 17.8 Å². The zero-order chi connectivity index (χ0) is 14.5. The van der Waals surface area contributed by atoms with Gasteiger partial charge in [0.2, 0.25) is 0 Å². The Balaban J connectivity index is 1.88. The van der Waals surface area contributed by atoms with Crippen molar-refractivity contribution in [3.8, 4) is 11.5 Å². The molecule has 3 N–H and O–H groups in total. The minimum Gasteiger partial charge on any atom is -0.508 e. The summed E-state index contributed by atoms with van der Waals surface area (Å²) < 4.78 is 10.6. The van der Waals surface area contributed by atoms with Gasteiger partial charge in [0, 0.05) is 23.6 Å². The van der Waals surface area contributed by atoms with Crippen molar-refractivity contribution in [1.29, 1.82) is 0 Å². The molecule has 1 aliphatic rings. The smallest absolute Gasteiger partial charge is 0.305 e. The molecule has 0 saturated heterocycles. The molecule has 0 aromatic heterocycles. The standard InChI is InChI=1S/C15H21NO4/c1-2-19-15(18)4-3-7-20-14-6-5-13(17)11-8-10(16)9-12(11)14/h5-6,10,17H,2-4,7-9,16H2,1H3. The Morgan fingerprint density at radius 2 is 2.15 bits per heavy atom. The number of ether oxygens (including phenoxy) is 2. The van der Waals surface area contributed by atoms with E-state index >= 15 is 0 Å². The maximum absolute atomic E-state index is 11.2. The van der Waals surface area contributed by atoms with Crippen molar-refractivity contribution in [1.82, 2.24) is 0 Å². The van der Waals surface area contributed by atoms with Crippen molar-refractivity contribution < 1.29 is 19.4 Å². The summed E-state index contributed by atoms with van der Waals surface area (Å²) in [6.07, 6.45) is 2.37. The fourth-order valence-corrected chi connectivity index (χ4v) is 2.47. The van der Waals surface area contributed by atoms with Gasteiger partial charge in [-0.05, 0) is 38.3 Å². The molecule has 0 spiro atoms. The van der Waals surface area contributed by atoms with Gasteiger partial charge in [0.25, 0.3) is 0 Å². The quantitative estimate of drug-likeness (QED) is 0.610. The van der Waals surface area contributed by atoms with Gasteiger partial charge in [-0.25, -0.2) is 0 Å². The van der Waals surface area contributed by atoms with Gasteiger partial charge in [-0.15, -0.1) is 0 Å². The summed E-state index contributed by atoms with van der Waals surface area (Å²) in [4.78, 5) is 11.2. The highest BCUT2D eigenvalue weighted by Crippen LogP contribution is 2.36. The number of phenols is 1.